The lowest BCUT2D eigenvalue weighted by Gasteiger charge is -2.05. The highest BCUT2D eigenvalue weighted by atomic mass is 16.5. The molecule has 3 heteroatoms. The molecule has 1 aliphatic heterocycles. The van der Waals surface area contributed by atoms with E-state index >= 15 is 0 Å². The number of hydrogen-bond donors (Lipinski definition) is 0. The van der Waals surface area contributed by atoms with Crippen LogP contribution >= 0.6 is 0 Å². The van der Waals surface area contributed by atoms with E-state index in [0.717, 1.165) is 25.7 Å². The molecule has 0 atom stereocenters. The van der Waals surface area contributed by atoms with Crippen LogP contribution in [0.15, 0.2) is 12.2 Å². The maximum atomic E-state index is 11.5. The summed E-state index contributed by atoms with van der Waals surface area (Å²) in [6.07, 6.45) is 16.4. The van der Waals surface area contributed by atoms with Crippen LogP contribution in [0.4, 0.5) is 0 Å². The SMILES string of the molecule is O=C1/C=C/CCCCCCCCCCCCOC(=O)C1. The summed E-state index contributed by atoms with van der Waals surface area (Å²) < 4.78 is 5.06. The van der Waals surface area contributed by atoms with Crippen molar-refractivity contribution in [3.63, 3.8) is 0 Å². The van der Waals surface area contributed by atoms with Crippen molar-refractivity contribution in [1.82, 2.24) is 0 Å². The quantitative estimate of drug-likeness (QED) is 0.489. The smallest absolute Gasteiger partial charge is 0.313 e. The number of cyclic esters (lactones) is 1. The first-order valence-corrected chi connectivity index (χ1v) is 8.14. The standard InChI is InChI=1S/C17H28O3/c18-16-13-11-9-7-5-3-1-2-4-6-8-10-12-14-20-17(19)15-16/h11,13H,1-10,12,14-15H2/b13-11+. The number of rotatable bonds is 0. The average molecular weight is 280 g/mol. The molecule has 0 aromatic heterocycles. The van der Waals surface area contributed by atoms with E-state index < -0.39 is 0 Å². The third kappa shape index (κ3) is 9.76. The molecule has 3 nitrogen and oxygen atoms in total. The van der Waals surface area contributed by atoms with Crippen LogP contribution in [0, 0.1) is 0 Å². The third-order valence-corrected chi connectivity index (χ3v) is 3.65. The Labute approximate surface area is 122 Å². The molecule has 0 amide bonds. The molecular weight excluding hydrogens is 252 g/mol. The van der Waals surface area contributed by atoms with E-state index in [0.29, 0.717) is 6.61 Å². The van der Waals surface area contributed by atoms with Crippen LogP contribution in [0.3, 0.4) is 0 Å². The number of esters is 1. The highest BCUT2D eigenvalue weighted by Crippen LogP contribution is 2.12. The van der Waals surface area contributed by atoms with E-state index in [-0.39, 0.29) is 18.2 Å². The van der Waals surface area contributed by atoms with Crippen LogP contribution in [0.2, 0.25) is 0 Å². The van der Waals surface area contributed by atoms with Gasteiger partial charge in [0, 0.05) is 0 Å². The van der Waals surface area contributed by atoms with Gasteiger partial charge in [-0.05, 0) is 25.3 Å². The van der Waals surface area contributed by atoms with Crippen LogP contribution in [-0.4, -0.2) is 18.4 Å². The number of carbonyl (C=O) groups excluding carboxylic acids is 2. The molecule has 20 heavy (non-hydrogen) atoms. The van der Waals surface area contributed by atoms with Crippen LogP contribution in [0.25, 0.3) is 0 Å². The number of ketones is 1. The third-order valence-electron chi connectivity index (χ3n) is 3.65. The van der Waals surface area contributed by atoms with Crippen molar-refractivity contribution in [2.24, 2.45) is 0 Å². The van der Waals surface area contributed by atoms with Gasteiger partial charge in [0.05, 0.1) is 6.61 Å². The molecule has 0 spiro atoms. The van der Waals surface area contributed by atoms with Gasteiger partial charge < -0.3 is 4.74 Å². The molecule has 0 N–H and O–H groups in total. The molecule has 0 unspecified atom stereocenters. The summed E-state index contributed by atoms with van der Waals surface area (Å²) in [7, 11) is 0. The van der Waals surface area contributed by atoms with Gasteiger partial charge in [0.1, 0.15) is 6.42 Å². The molecule has 0 saturated carbocycles. The van der Waals surface area contributed by atoms with Gasteiger partial charge in [-0.15, -0.1) is 0 Å². The Morgan fingerprint density at radius 1 is 0.750 bits per heavy atom. The second-order valence-electron chi connectivity index (χ2n) is 5.59. The molecule has 0 saturated heterocycles. The van der Waals surface area contributed by atoms with Crippen molar-refractivity contribution in [2.45, 2.75) is 77.0 Å². The zero-order valence-corrected chi connectivity index (χ0v) is 12.6. The summed E-state index contributed by atoms with van der Waals surface area (Å²) in [5.74, 6) is -0.531. The van der Waals surface area contributed by atoms with Crippen molar-refractivity contribution >= 4 is 11.8 Å². The van der Waals surface area contributed by atoms with E-state index in [9.17, 15) is 9.59 Å². The zero-order valence-electron chi connectivity index (χ0n) is 12.6. The Bertz CT molecular complexity index is 307. The van der Waals surface area contributed by atoms with E-state index in [2.05, 4.69) is 0 Å². The van der Waals surface area contributed by atoms with Crippen LogP contribution in [0.1, 0.15) is 77.0 Å². The Hall–Kier alpha value is -1.12. The van der Waals surface area contributed by atoms with Gasteiger partial charge in [-0.2, -0.15) is 0 Å². The maximum absolute atomic E-state index is 11.5. The van der Waals surface area contributed by atoms with Crippen LogP contribution in [0.5, 0.6) is 0 Å². The fourth-order valence-electron chi connectivity index (χ4n) is 2.43. The highest BCUT2D eigenvalue weighted by molar-refractivity contribution is 6.01. The van der Waals surface area contributed by atoms with E-state index in [1.807, 2.05) is 6.08 Å². The molecule has 0 aromatic rings. The predicted octanol–water partition coefficient (Wildman–Crippen LogP) is 4.35. The summed E-state index contributed by atoms with van der Waals surface area (Å²) in [5.41, 5.74) is 0. The molecule has 0 aliphatic carbocycles. The van der Waals surface area contributed by atoms with Crippen LogP contribution < -0.4 is 0 Å². The van der Waals surface area contributed by atoms with E-state index in [4.69, 9.17) is 4.74 Å². The molecule has 1 rings (SSSR count). The Morgan fingerprint density at radius 3 is 1.95 bits per heavy atom. The van der Waals surface area contributed by atoms with Gasteiger partial charge in [-0.1, -0.05) is 57.4 Å². The minimum Gasteiger partial charge on any atom is -0.465 e. The van der Waals surface area contributed by atoms with Gasteiger partial charge in [-0.3, -0.25) is 9.59 Å². The molecule has 0 radical (unpaired) electrons. The summed E-state index contributed by atoms with van der Waals surface area (Å²) in [6.45, 7) is 0.454. The molecule has 1 aliphatic rings. The first-order chi connectivity index (χ1) is 9.79. The number of hydrogen-bond acceptors (Lipinski definition) is 3. The lowest BCUT2D eigenvalue weighted by atomic mass is 10.1. The van der Waals surface area contributed by atoms with Gasteiger partial charge in [-0.25, -0.2) is 0 Å². The lowest BCUT2D eigenvalue weighted by Crippen LogP contribution is -2.10. The second kappa shape index (κ2) is 11.7. The minimum absolute atomic E-state index is 0.115. The summed E-state index contributed by atoms with van der Waals surface area (Å²) in [5, 5.41) is 0. The first kappa shape index (κ1) is 16.9. The number of allylic oxidation sites excluding steroid dienone is 2. The fraction of sp³-hybridized carbons (Fsp3) is 0.765. The molecular formula is C17H28O3. The van der Waals surface area contributed by atoms with Crippen LogP contribution in [-0.2, 0) is 14.3 Å². The summed E-state index contributed by atoms with van der Waals surface area (Å²) >= 11 is 0. The van der Waals surface area contributed by atoms with Crippen molar-refractivity contribution in [3.05, 3.63) is 12.2 Å². The van der Waals surface area contributed by atoms with Gasteiger partial charge >= 0.3 is 5.97 Å². The maximum Gasteiger partial charge on any atom is 0.313 e. The highest BCUT2D eigenvalue weighted by Gasteiger charge is 2.07. The van der Waals surface area contributed by atoms with Crippen molar-refractivity contribution in [1.29, 1.82) is 0 Å². The zero-order chi connectivity index (χ0) is 14.5. The molecule has 114 valence electrons. The Kier molecular flexibility index (Phi) is 9.89. The second-order valence-corrected chi connectivity index (χ2v) is 5.59. The Morgan fingerprint density at radius 2 is 1.30 bits per heavy atom. The van der Waals surface area contributed by atoms with Gasteiger partial charge in [0.15, 0.2) is 5.78 Å². The van der Waals surface area contributed by atoms with E-state index in [1.165, 1.54) is 51.0 Å². The van der Waals surface area contributed by atoms with Gasteiger partial charge in [0.2, 0.25) is 0 Å². The normalized spacial score (nSPS) is 23.4. The summed E-state index contributed by atoms with van der Waals surface area (Å²) in [4.78, 5) is 22.9. The largest absolute Gasteiger partial charge is 0.465 e. The Balaban J connectivity index is 2.29. The van der Waals surface area contributed by atoms with E-state index in [1.54, 1.807) is 0 Å². The van der Waals surface area contributed by atoms with Crippen molar-refractivity contribution < 1.29 is 14.3 Å². The minimum atomic E-state index is -0.388. The molecule has 0 fully saturated rings. The van der Waals surface area contributed by atoms with Gasteiger partial charge in [0.25, 0.3) is 0 Å². The average Bonchev–Trinajstić information content (AvgIpc) is 2.42. The topological polar surface area (TPSA) is 43.4 Å². The number of carbonyl (C=O) groups is 2. The first-order valence-electron chi connectivity index (χ1n) is 8.14. The molecule has 1 heterocycles. The molecule has 0 aromatic carbocycles. The summed E-state index contributed by atoms with van der Waals surface area (Å²) in [6, 6.07) is 0. The number of ether oxygens (including phenoxy) is 1. The fourth-order valence-corrected chi connectivity index (χ4v) is 2.43. The van der Waals surface area contributed by atoms with Crippen molar-refractivity contribution in [3.8, 4) is 0 Å². The predicted molar refractivity (Wildman–Crippen MR) is 80.5 cm³/mol. The molecule has 0 bridgehead atoms. The lowest BCUT2D eigenvalue weighted by molar-refractivity contribution is -0.145. The monoisotopic (exact) mass is 280 g/mol. The van der Waals surface area contributed by atoms with Crippen molar-refractivity contribution in [2.75, 3.05) is 6.61 Å².